The van der Waals surface area contributed by atoms with E-state index < -0.39 is 0 Å². The Bertz CT molecular complexity index is 823. The van der Waals surface area contributed by atoms with Crippen molar-refractivity contribution in [3.63, 3.8) is 0 Å². The van der Waals surface area contributed by atoms with Crippen LogP contribution in [0, 0.1) is 6.92 Å². The van der Waals surface area contributed by atoms with Crippen LogP contribution in [0.2, 0.25) is 0 Å². The number of hydrogen-bond acceptors (Lipinski definition) is 2. The highest BCUT2D eigenvalue weighted by atomic mass is 16.2. The van der Waals surface area contributed by atoms with E-state index in [1.165, 1.54) is 5.56 Å². The number of fused-ring (bicyclic) bond motifs is 1. The Morgan fingerprint density at radius 3 is 2.67 bits per heavy atom. The topological polar surface area (TPSA) is 38.1 Å². The molecule has 0 aliphatic heterocycles. The first-order chi connectivity index (χ1) is 11.7. The lowest BCUT2D eigenvalue weighted by molar-refractivity contribution is -0.131. The average molecular weight is 321 g/mol. The molecule has 4 nitrogen and oxygen atoms in total. The molecule has 1 amide bonds. The largest absolute Gasteiger partial charge is 0.339 e. The van der Waals surface area contributed by atoms with Gasteiger partial charge in [0, 0.05) is 24.9 Å². The van der Waals surface area contributed by atoms with Crippen LogP contribution in [0.3, 0.4) is 0 Å². The normalized spacial score (nSPS) is 10.9. The highest BCUT2D eigenvalue weighted by Gasteiger charge is 2.13. The molecule has 0 saturated carbocycles. The lowest BCUT2D eigenvalue weighted by atomic mass is 10.1. The number of amides is 1. The second-order valence-corrected chi connectivity index (χ2v) is 6.02. The first-order valence-corrected chi connectivity index (χ1v) is 8.42. The molecule has 0 aliphatic rings. The predicted molar refractivity (Wildman–Crippen MR) is 96.6 cm³/mol. The Labute approximate surface area is 142 Å². The lowest BCUT2D eigenvalue weighted by Crippen LogP contribution is -2.31. The van der Waals surface area contributed by atoms with Gasteiger partial charge in [-0.25, -0.2) is 0 Å². The smallest absolute Gasteiger partial charge is 0.224 e. The zero-order valence-electron chi connectivity index (χ0n) is 14.3. The number of nitrogens with zero attached hydrogens (tertiary/aromatic N) is 3. The molecule has 3 aromatic rings. The van der Waals surface area contributed by atoms with Gasteiger partial charge in [-0.2, -0.15) is 5.10 Å². The van der Waals surface area contributed by atoms with Crippen LogP contribution in [0.5, 0.6) is 0 Å². The van der Waals surface area contributed by atoms with E-state index in [1.807, 2.05) is 47.0 Å². The van der Waals surface area contributed by atoms with Crippen molar-refractivity contribution in [2.45, 2.75) is 33.4 Å². The molecule has 124 valence electrons. The zero-order valence-corrected chi connectivity index (χ0v) is 14.3. The number of carbonyl (C=O) groups excluding carboxylic acids is 1. The maximum absolute atomic E-state index is 12.6. The standard InChI is InChI=1S/C20H23N3O/c1-3-22(15-17-9-5-4-6-10-17)19(24)12-13-23-20-16(2)8-7-11-18(20)14-21-23/h4-11,14H,3,12-13,15H2,1-2H3. The Balaban J connectivity index is 1.67. The Kier molecular flexibility index (Phi) is 4.94. The van der Waals surface area contributed by atoms with Crippen LogP contribution >= 0.6 is 0 Å². The van der Waals surface area contributed by atoms with Crippen molar-refractivity contribution in [3.05, 3.63) is 65.9 Å². The third-order valence-corrected chi connectivity index (χ3v) is 4.35. The summed E-state index contributed by atoms with van der Waals surface area (Å²) in [5.41, 5.74) is 3.47. The van der Waals surface area contributed by atoms with E-state index in [0.29, 0.717) is 26.1 Å². The number of aryl methyl sites for hydroxylation is 2. The second-order valence-electron chi connectivity index (χ2n) is 6.02. The van der Waals surface area contributed by atoms with Crippen LogP contribution in [-0.2, 0) is 17.9 Å². The van der Waals surface area contributed by atoms with Gasteiger partial charge in [-0.05, 0) is 25.0 Å². The fourth-order valence-corrected chi connectivity index (χ4v) is 3.04. The molecule has 0 saturated heterocycles. The Hall–Kier alpha value is -2.62. The van der Waals surface area contributed by atoms with Crippen LogP contribution in [-0.4, -0.2) is 27.1 Å². The summed E-state index contributed by atoms with van der Waals surface area (Å²) >= 11 is 0. The van der Waals surface area contributed by atoms with E-state index in [1.54, 1.807) is 0 Å². The van der Waals surface area contributed by atoms with Crippen LogP contribution in [0.4, 0.5) is 0 Å². The molecule has 0 atom stereocenters. The summed E-state index contributed by atoms with van der Waals surface area (Å²) in [7, 11) is 0. The predicted octanol–water partition coefficient (Wildman–Crippen LogP) is 3.78. The molecule has 0 radical (unpaired) electrons. The van der Waals surface area contributed by atoms with Gasteiger partial charge in [0.25, 0.3) is 0 Å². The van der Waals surface area contributed by atoms with Gasteiger partial charge in [0.15, 0.2) is 0 Å². The first kappa shape index (κ1) is 16.2. The molecule has 0 spiro atoms. The van der Waals surface area contributed by atoms with Gasteiger partial charge in [-0.3, -0.25) is 9.48 Å². The zero-order chi connectivity index (χ0) is 16.9. The minimum Gasteiger partial charge on any atom is -0.339 e. The molecule has 0 bridgehead atoms. The first-order valence-electron chi connectivity index (χ1n) is 8.42. The molecule has 1 aromatic heterocycles. The van der Waals surface area contributed by atoms with Crippen LogP contribution in [0.1, 0.15) is 24.5 Å². The van der Waals surface area contributed by atoms with E-state index in [9.17, 15) is 4.79 Å². The minimum atomic E-state index is 0.165. The van der Waals surface area contributed by atoms with E-state index in [-0.39, 0.29) is 5.91 Å². The van der Waals surface area contributed by atoms with Gasteiger partial charge < -0.3 is 4.90 Å². The van der Waals surface area contributed by atoms with Crippen molar-refractivity contribution in [1.29, 1.82) is 0 Å². The van der Waals surface area contributed by atoms with Crippen LogP contribution in [0.25, 0.3) is 10.9 Å². The van der Waals surface area contributed by atoms with E-state index >= 15 is 0 Å². The van der Waals surface area contributed by atoms with Gasteiger partial charge in [0.2, 0.25) is 5.91 Å². The number of carbonyl (C=O) groups is 1. The SMILES string of the molecule is CCN(Cc1ccccc1)C(=O)CCn1ncc2cccc(C)c21. The number of hydrogen-bond donors (Lipinski definition) is 0. The highest BCUT2D eigenvalue weighted by molar-refractivity contribution is 5.82. The van der Waals surface area contributed by atoms with Gasteiger partial charge in [-0.1, -0.05) is 48.5 Å². The molecule has 0 fully saturated rings. The fourth-order valence-electron chi connectivity index (χ4n) is 3.04. The number of para-hydroxylation sites is 1. The third kappa shape index (κ3) is 3.48. The summed E-state index contributed by atoms with van der Waals surface area (Å²) in [6.45, 7) is 6.09. The second kappa shape index (κ2) is 7.30. The van der Waals surface area contributed by atoms with Gasteiger partial charge in [-0.15, -0.1) is 0 Å². The third-order valence-electron chi connectivity index (χ3n) is 4.35. The Morgan fingerprint density at radius 2 is 1.92 bits per heavy atom. The lowest BCUT2D eigenvalue weighted by Gasteiger charge is -2.21. The maximum Gasteiger partial charge on any atom is 0.224 e. The summed E-state index contributed by atoms with van der Waals surface area (Å²) in [5.74, 6) is 0.165. The molecule has 3 rings (SSSR count). The van der Waals surface area contributed by atoms with Crippen molar-refractivity contribution in [2.24, 2.45) is 0 Å². The van der Waals surface area contributed by atoms with Crippen molar-refractivity contribution in [2.75, 3.05) is 6.54 Å². The van der Waals surface area contributed by atoms with Crippen molar-refractivity contribution < 1.29 is 4.79 Å². The van der Waals surface area contributed by atoms with Crippen LogP contribution in [0.15, 0.2) is 54.7 Å². The molecule has 0 unspecified atom stereocenters. The molecule has 0 N–H and O–H groups in total. The highest BCUT2D eigenvalue weighted by Crippen LogP contribution is 2.18. The fraction of sp³-hybridized carbons (Fsp3) is 0.300. The summed E-state index contributed by atoms with van der Waals surface area (Å²) < 4.78 is 1.94. The van der Waals surface area contributed by atoms with E-state index in [4.69, 9.17) is 0 Å². The molecule has 2 aromatic carbocycles. The summed E-state index contributed by atoms with van der Waals surface area (Å²) in [5, 5.41) is 5.57. The number of rotatable bonds is 6. The van der Waals surface area contributed by atoms with Gasteiger partial charge in [0.05, 0.1) is 18.3 Å². The number of aromatic nitrogens is 2. The average Bonchev–Trinajstić information content (AvgIpc) is 3.03. The molecule has 24 heavy (non-hydrogen) atoms. The van der Waals surface area contributed by atoms with E-state index in [0.717, 1.165) is 16.5 Å². The maximum atomic E-state index is 12.6. The van der Waals surface area contributed by atoms with E-state index in [2.05, 4.69) is 36.3 Å². The van der Waals surface area contributed by atoms with Crippen molar-refractivity contribution in [3.8, 4) is 0 Å². The molecular formula is C20H23N3O. The summed E-state index contributed by atoms with van der Waals surface area (Å²) in [6, 6.07) is 16.3. The molecular weight excluding hydrogens is 298 g/mol. The van der Waals surface area contributed by atoms with Gasteiger partial charge >= 0.3 is 0 Å². The quantitative estimate of drug-likeness (QED) is 0.693. The van der Waals surface area contributed by atoms with Crippen molar-refractivity contribution in [1.82, 2.24) is 14.7 Å². The minimum absolute atomic E-state index is 0.165. The van der Waals surface area contributed by atoms with Gasteiger partial charge in [0.1, 0.15) is 0 Å². The summed E-state index contributed by atoms with van der Waals surface area (Å²) in [6.07, 6.45) is 2.33. The van der Waals surface area contributed by atoms with Crippen molar-refractivity contribution >= 4 is 16.8 Å². The molecule has 0 aliphatic carbocycles. The monoisotopic (exact) mass is 321 g/mol. The number of benzene rings is 2. The molecule has 1 heterocycles. The molecule has 4 heteroatoms. The van der Waals surface area contributed by atoms with Crippen LogP contribution < -0.4 is 0 Å². The Morgan fingerprint density at radius 1 is 1.12 bits per heavy atom. The summed E-state index contributed by atoms with van der Waals surface area (Å²) in [4.78, 5) is 14.5.